The summed E-state index contributed by atoms with van der Waals surface area (Å²) >= 11 is 3.44. The van der Waals surface area contributed by atoms with Crippen LogP contribution in [0.5, 0.6) is 0 Å². The Bertz CT molecular complexity index is 494. The first-order chi connectivity index (χ1) is 9.17. The van der Waals surface area contributed by atoms with Crippen molar-refractivity contribution in [3.05, 3.63) is 69.9 Å². The highest BCUT2D eigenvalue weighted by atomic mass is 79.9. The largest absolute Gasteiger partial charge is 0.396 e. The highest BCUT2D eigenvalue weighted by molar-refractivity contribution is 9.10. The van der Waals surface area contributed by atoms with Crippen LogP contribution in [-0.2, 0) is 12.8 Å². The second-order valence-electron chi connectivity index (χ2n) is 4.72. The SMILES string of the molecule is OCC(Cc1cccc(F)c1)Cc1cccc(Br)c1. The second-order valence-corrected chi connectivity index (χ2v) is 5.63. The van der Waals surface area contributed by atoms with Crippen LogP contribution in [0, 0.1) is 11.7 Å². The van der Waals surface area contributed by atoms with Crippen molar-refractivity contribution in [2.75, 3.05) is 6.61 Å². The Morgan fingerprint density at radius 1 is 1.00 bits per heavy atom. The number of aliphatic hydroxyl groups excluding tert-OH is 1. The van der Waals surface area contributed by atoms with Gasteiger partial charge in [-0.25, -0.2) is 4.39 Å². The zero-order valence-corrected chi connectivity index (χ0v) is 12.1. The van der Waals surface area contributed by atoms with Crippen molar-refractivity contribution < 1.29 is 9.50 Å². The van der Waals surface area contributed by atoms with Gasteiger partial charge >= 0.3 is 0 Å². The number of hydrogen-bond donors (Lipinski definition) is 1. The molecule has 0 aliphatic carbocycles. The topological polar surface area (TPSA) is 20.2 Å². The lowest BCUT2D eigenvalue weighted by molar-refractivity contribution is 0.225. The van der Waals surface area contributed by atoms with Gasteiger partial charge in [-0.15, -0.1) is 0 Å². The van der Waals surface area contributed by atoms with Gasteiger partial charge in [0.05, 0.1) is 0 Å². The number of benzene rings is 2. The van der Waals surface area contributed by atoms with Crippen molar-refractivity contribution in [2.45, 2.75) is 12.8 Å². The van der Waals surface area contributed by atoms with Crippen molar-refractivity contribution >= 4 is 15.9 Å². The molecule has 0 aromatic heterocycles. The second kappa shape index (κ2) is 6.83. The molecule has 0 aliphatic heterocycles. The van der Waals surface area contributed by atoms with Crippen molar-refractivity contribution in [1.29, 1.82) is 0 Å². The average molecular weight is 323 g/mol. The summed E-state index contributed by atoms with van der Waals surface area (Å²) < 4.78 is 14.2. The maximum absolute atomic E-state index is 13.1. The minimum Gasteiger partial charge on any atom is -0.396 e. The first kappa shape index (κ1) is 14.2. The molecule has 0 heterocycles. The zero-order chi connectivity index (χ0) is 13.7. The molecular weight excluding hydrogens is 307 g/mol. The summed E-state index contributed by atoms with van der Waals surface area (Å²) in [4.78, 5) is 0. The van der Waals surface area contributed by atoms with E-state index in [1.807, 2.05) is 30.3 Å². The summed E-state index contributed by atoms with van der Waals surface area (Å²) in [6, 6.07) is 14.6. The van der Waals surface area contributed by atoms with Gasteiger partial charge in [-0.05, 0) is 54.2 Å². The van der Waals surface area contributed by atoms with Gasteiger partial charge in [-0.1, -0.05) is 40.2 Å². The van der Waals surface area contributed by atoms with E-state index in [2.05, 4.69) is 15.9 Å². The first-order valence-corrected chi connectivity index (χ1v) is 7.06. The molecule has 1 atom stereocenters. The lowest BCUT2D eigenvalue weighted by atomic mass is 9.93. The van der Waals surface area contributed by atoms with Gasteiger partial charge in [-0.3, -0.25) is 0 Å². The van der Waals surface area contributed by atoms with Gasteiger partial charge < -0.3 is 5.11 Å². The fraction of sp³-hybridized carbons (Fsp3) is 0.250. The van der Waals surface area contributed by atoms with Gasteiger partial charge in [0.25, 0.3) is 0 Å². The molecule has 1 N–H and O–H groups in total. The number of rotatable bonds is 5. The molecule has 3 heteroatoms. The fourth-order valence-corrected chi connectivity index (χ4v) is 2.64. The molecule has 2 aromatic carbocycles. The maximum Gasteiger partial charge on any atom is 0.123 e. The lowest BCUT2D eigenvalue weighted by Crippen LogP contribution is -2.13. The smallest absolute Gasteiger partial charge is 0.123 e. The van der Waals surface area contributed by atoms with Gasteiger partial charge in [0.1, 0.15) is 5.82 Å². The van der Waals surface area contributed by atoms with E-state index in [0.717, 1.165) is 16.5 Å². The molecule has 0 amide bonds. The molecule has 0 fully saturated rings. The average Bonchev–Trinajstić information content (AvgIpc) is 2.38. The summed E-state index contributed by atoms with van der Waals surface area (Å²) in [6.07, 6.45) is 1.47. The Balaban J connectivity index is 2.04. The van der Waals surface area contributed by atoms with Crippen LogP contribution < -0.4 is 0 Å². The Morgan fingerprint density at radius 2 is 1.63 bits per heavy atom. The molecule has 0 bridgehead atoms. The molecule has 2 aromatic rings. The summed E-state index contributed by atoms with van der Waals surface area (Å²) in [5, 5.41) is 9.48. The van der Waals surface area contributed by atoms with E-state index in [1.54, 1.807) is 6.07 Å². The zero-order valence-electron chi connectivity index (χ0n) is 10.5. The molecule has 0 radical (unpaired) electrons. The number of aliphatic hydroxyl groups is 1. The van der Waals surface area contributed by atoms with Gasteiger partial charge in [-0.2, -0.15) is 0 Å². The number of halogens is 2. The quantitative estimate of drug-likeness (QED) is 0.882. The predicted octanol–water partition coefficient (Wildman–Crippen LogP) is 3.98. The molecule has 0 saturated carbocycles. The predicted molar refractivity (Wildman–Crippen MR) is 78.5 cm³/mol. The third-order valence-corrected chi connectivity index (χ3v) is 3.58. The minimum absolute atomic E-state index is 0.100. The van der Waals surface area contributed by atoms with Crippen molar-refractivity contribution in [3.63, 3.8) is 0 Å². The first-order valence-electron chi connectivity index (χ1n) is 6.27. The normalized spacial score (nSPS) is 12.4. The molecule has 1 unspecified atom stereocenters. The molecule has 19 heavy (non-hydrogen) atoms. The van der Waals surface area contributed by atoms with Crippen molar-refractivity contribution in [3.8, 4) is 0 Å². The highest BCUT2D eigenvalue weighted by Gasteiger charge is 2.10. The van der Waals surface area contributed by atoms with E-state index >= 15 is 0 Å². The standard InChI is InChI=1S/C16H16BrFO/c17-15-5-1-3-12(9-15)7-14(11-19)8-13-4-2-6-16(18)10-13/h1-6,9-10,14,19H,7-8,11H2. The van der Waals surface area contributed by atoms with Crippen LogP contribution in [0.15, 0.2) is 53.0 Å². The van der Waals surface area contributed by atoms with Gasteiger partial charge in [0.15, 0.2) is 0 Å². The highest BCUT2D eigenvalue weighted by Crippen LogP contribution is 2.18. The summed E-state index contributed by atoms with van der Waals surface area (Å²) in [5.74, 6) is -0.118. The van der Waals surface area contributed by atoms with E-state index in [9.17, 15) is 9.50 Å². The van der Waals surface area contributed by atoms with E-state index < -0.39 is 0 Å². The third-order valence-electron chi connectivity index (χ3n) is 3.09. The maximum atomic E-state index is 13.1. The van der Waals surface area contributed by atoms with E-state index in [1.165, 1.54) is 17.7 Å². The third kappa shape index (κ3) is 4.44. The van der Waals surface area contributed by atoms with E-state index in [4.69, 9.17) is 0 Å². The van der Waals surface area contributed by atoms with E-state index in [0.29, 0.717) is 6.42 Å². The fourth-order valence-electron chi connectivity index (χ4n) is 2.20. The lowest BCUT2D eigenvalue weighted by Gasteiger charge is -2.14. The summed E-state index contributed by atoms with van der Waals surface area (Å²) in [6.45, 7) is 0.100. The van der Waals surface area contributed by atoms with Gasteiger partial charge in [0, 0.05) is 11.1 Å². The Kier molecular flexibility index (Phi) is 5.11. The van der Waals surface area contributed by atoms with Crippen LogP contribution in [0.4, 0.5) is 4.39 Å². The molecular formula is C16H16BrFO. The van der Waals surface area contributed by atoms with Crippen molar-refractivity contribution in [1.82, 2.24) is 0 Å². The molecule has 2 rings (SSSR count). The molecule has 0 spiro atoms. The summed E-state index contributed by atoms with van der Waals surface area (Å²) in [7, 11) is 0. The van der Waals surface area contributed by atoms with Crippen molar-refractivity contribution in [2.24, 2.45) is 5.92 Å². The van der Waals surface area contributed by atoms with Crippen LogP contribution >= 0.6 is 15.9 Å². The minimum atomic E-state index is -0.225. The molecule has 0 aliphatic rings. The molecule has 100 valence electrons. The number of hydrogen-bond acceptors (Lipinski definition) is 1. The Labute approximate surface area is 121 Å². The van der Waals surface area contributed by atoms with E-state index in [-0.39, 0.29) is 18.3 Å². The Morgan fingerprint density at radius 3 is 2.21 bits per heavy atom. The van der Waals surface area contributed by atoms with Crippen LogP contribution in [0.25, 0.3) is 0 Å². The molecule has 0 saturated heterocycles. The summed E-state index contributed by atoms with van der Waals surface area (Å²) in [5.41, 5.74) is 2.10. The van der Waals surface area contributed by atoms with Crippen LogP contribution in [-0.4, -0.2) is 11.7 Å². The molecule has 1 nitrogen and oxygen atoms in total. The monoisotopic (exact) mass is 322 g/mol. The van der Waals surface area contributed by atoms with Gasteiger partial charge in [0.2, 0.25) is 0 Å². The van der Waals surface area contributed by atoms with Crippen LogP contribution in [0.1, 0.15) is 11.1 Å². The Hall–Kier alpha value is -1.19. The van der Waals surface area contributed by atoms with Crippen LogP contribution in [0.2, 0.25) is 0 Å². The van der Waals surface area contributed by atoms with Crippen LogP contribution in [0.3, 0.4) is 0 Å².